The summed E-state index contributed by atoms with van der Waals surface area (Å²) in [7, 11) is 1.72. The molecule has 134 valence electrons. The van der Waals surface area contributed by atoms with Gasteiger partial charge in [0.1, 0.15) is 5.69 Å². The summed E-state index contributed by atoms with van der Waals surface area (Å²) >= 11 is 0. The quantitative estimate of drug-likeness (QED) is 0.590. The van der Waals surface area contributed by atoms with Crippen LogP contribution in [0.15, 0.2) is 30.5 Å². The second kappa shape index (κ2) is 7.43. The number of nitrogens with zero attached hydrogens (tertiary/aromatic N) is 3. The Morgan fingerprint density at radius 3 is 2.44 bits per heavy atom. The minimum Gasteiger partial charge on any atom is -0.350 e. The van der Waals surface area contributed by atoms with Gasteiger partial charge in [0.05, 0.1) is 10.5 Å². The normalized spacial score (nSPS) is 11.4. The first-order valence-electron chi connectivity index (χ1n) is 8.15. The van der Waals surface area contributed by atoms with Crippen LogP contribution in [0.2, 0.25) is 0 Å². The van der Waals surface area contributed by atoms with Crippen molar-refractivity contribution < 1.29 is 9.72 Å². The lowest BCUT2D eigenvalue weighted by Gasteiger charge is -2.26. The molecule has 2 aromatic rings. The number of nitrogens with one attached hydrogen (secondary N) is 1. The first-order chi connectivity index (χ1) is 11.8. The van der Waals surface area contributed by atoms with Crippen molar-refractivity contribution in [2.45, 2.75) is 32.2 Å². The minimum absolute atomic E-state index is 0.00973. The summed E-state index contributed by atoms with van der Waals surface area (Å²) in [5.41, 5.74) is 7.30. The number of amides is 1. The number of hydrogen-bond donors (Lipinski definition) is 2. The van der Waals surface area contributed by atoms with E-state index in [4.69, 9.17) is 5.73 Å². The fourth-order valence-electron chi connectivity index (χ4n) is 2.46. The molecule has 0 atom stereocenters. The highest BCUT2D eigenvalue weighted by atomic mass is 16.6. The van der Waals surface area contributed by atoms with Crippen molar-refractivity contribution >= 4 is 11.6 Å². The van der Waals surface area contributed by atoms with Gasteiger partial charge in [0.25, 0.3) is 11.6 Å². The third kappa shape index (κ3) is 4.21. The zero-order valence-electron chi connectivity index (χ0n) is 14.7. The highest BCUT2D eigenvalue weighted by Gasteiger charge is 2.23. The van der Waals surface area contributed by atoms with Crippen molar-refractivity contribution in [2.75, 3.05) is 6.54 Å². The largest absolute Gasteiger partial charge is 0.350 e. The summed E-state index contributed by atoms with van der Waals surface area (Å²) in [6, 6.07) is 5.96. The van der Waals surface area contributed by atoms with E-state index in [9.17, 15) is 14.9 Å². The zero-order chi connectivity index (χ0) is 18.6. The number of carbonyl (C=O) groups is 1. The van der Waals surface area contributed by atoms with E-state index in [0.29, 0.717) is 23.4 Å². The molecule has 1 amide bonds. The Kier molecular flexibility index (Phi) is 5.53. The Morgan fingerprint density at radius 1 is 1.32 bits per heavy atom. The minimum atomic E-state index is -0.466. The first kappa shape index (κ1) is 18.6. The predicted octanol–water partition coefficient (Wildman–Crippen LogP) is 2.24. The predicted molar refractivity (Wildman–Crippen MR) is 95.1 cm³/mol. The number of hydrogen-bond acceptors (Lipinski definition) is 5. The Balaban J connectivity index is 2.25. The van der Waals surface area contributed by atoms with Crippen LogP contribution in [0.5, 0.6) is 0 Å². The maximum Gasteiger partial charge on any atom is 0.269 e. The van der Waals surface area contributed by atoms with Crippen LogP contribution in [0, 0.1) is 10.1 Å². The molecule has 0 bridgehead atoms. The van der Waals surface area contributed by atoms with Crippen molar-refractivity contribution in [1.82, 2.24) is 15.1 Å². The number of nitro benzene ring substituents is 1. The second-order valence-corrected chi connectivity index (χ2v) is 6.12. The molecule has 0 saturated heterocycles. The van der Waals surface area contributed by atoms with Crippen LogP contribution in [-0.4, -0.2) is 32.7 Å². The smallest absolute Gasteiger partial charge is 0.269 e. The van der Waals surface area contributed by atoms with Crippen molar-refractivity contribution in [2.24, 2.45) is 12.8 Å². The van der Waals surface area contributed by atoms with Crippen molar-refractivity contribution in [3.8, 4) is 11.3 Å². The van der Waals surface area contributed by atoms with Gasteiger partial charge in [-0.25, -0.2) is 0 Å². The Morgan fingerprint density at radius 2 is 1.92 bits per heavy atom. The lowest BCUT2D eigenvalue weighted by molar-refractivity contribution is -0.384. The zero-order valence-corrected chi connectivity index (χ0v) is 14.7. The molecule has 0 radical (unpaired) electrons. The van der Waals surface area contributed by atoms with Crippen LogP contribution >= 0.6 is 0 Å². The molecular weight excluding hydrogens is 322 g/mol. The van der Waals surface area contributed by atoms with E-state index >= 15 is 0 Å². The lowest BCUT2D eigenvalue weighted by Crippen LogP contribution is -2.49. The second-order valence-electron chi connectivity index (χ2n) is 6.12. The molecule has 1 aromatic heterocycles. The fraction of sp³-hybridized carbons (Fsp3) is 0.412. The summed E-state index contributed by atoms with van der Waals surface area (Å²) < 4.78 is 1.54. The number of aromatic nitrogens is 2. The SMILES string of the molecule is CCC(N)(CC)CNC(=O)c1cn(C)nc1-c1ccc([N+](=O)[O-])cc1. The van der Waals surface area contributed by atoms with Crippen LogP contribution in [0.3, 0.4) is 0 Å². The fourth-order valence-corrected chi connectivity index (χ4v) is 2.46. The molecule has 0 unspecified atom stereocenters. The highest BCUT2D eigenvalue weighted by Crippen LogP contribution is 2.24. The van der Waals surface area contributed by atoms with Crippen LogP contribution in [0.25, 0.3) is 11.3 Å². The maximum absolute atomic E-state index is 12.6. The molecule has 25 heavy (non-hydrogen) atoms. The summed E-state index contributed by atoms with van der Waals surface area (Å²) in [6.07, 6.45) is 3.14. The molecule has 0 saturated carbocycles. The van der Waals surface area contributed by atoms with E-state index in [-0.39, 0.29) is 11.6 Å². The molecule has 0 aliphatic carbocycles. The van der Waals surface area contributed by atoms with E-state index in [1.807, 2.05) is 13.8 Å². The van der Waals surface area contributed by atoms with Crippen LogP contribution in [-0.2, 0) is 7.05 Å². The Bertz CT molecular complexity index is 763. The number of rotatable bonds is 7. The number of nitrogens with two attached hydrogens (primary N) is 1. The van der Waals surface area contributed by atoms with Crippen molar-refractivity contribution in [1.29, 1.82) is 0 Å². The number of non-ortho nitro benzene ring substituents is 1. The summed E-state index contributed by atoms with van der Waals surface area (Å²) in [4.78, 5) is 22.9. The van der Waals surface area contributed by atoms with E-state index < -0.39 is 10.5 Å². The van der Waals surface area contributed by atoms with Gasteiger partial charge < -0.3 is 11.1 Å². The van der Waals surface area contributed by atoms with Gasteiger partial charge in [0.2, 0.25) is 0 Å². The van der Waals surface area contributed by atoms with Gasteiger partial charge >= 0.3 is 0 Å². The average Bonchev–Trinajstić information content (AvgIpc) is 3.01. The standard InChI is InChI=1S/C17H23N5O3/c1-4-17(18,5-2)11-19-16(23)14-10-21(3)20-15(14)12-6-8-13(9-7-12)22(24)25/h6-10H,4-5,11,18H2,1-3H3,(H,19,23). The Hall–Kier alpha value is -2.74. The van der Waals surface area contributed by atoms with Gasteiger partial charge in [-0.15, -0.1) is 0 Å². The average molecular weight is 345 g/mol. The number of aryl methyl sites for hydroxylation is 1. The summed E-state index contributed by atoms with van der Waals surface area (Å²) in [5.74, 6) is -0.266. The van der Waals surface area contributed by atoms with Crippen molar-refractivity contribution in [3.05, 3.63) is 46.1 Å². The number of benzene rings is 1. The van der Waals surface area contributed by atoms with Gasteiger partial charge in [0.15, 0.2) is 0 Å². The van der Waals surface area contributed by atoms with Gasteiger partial charge in [-0.1, -0.05) is 13.8 Å². The van der Waals surface area contributed by atoms with Gasteiger partial charge in [0, 0.05) is 43.0 Å². The van der Waals surface area contributed by atoms with Crippen LogP contribution in [0.4, 0.5) is 5.69 Å². The molecular formula is C17H23N5O3. The lowest BCUT2D eigenvalue weighted by atomic mass is 9.94. The van der Waals surface area contributed by atoms with Crippen molar-refractivity contribution in [3.63, 3.8) is 0 Å². The molecule has 0 fully saturated rings. The Labute approximate surface area is 146 Å². The molecule has 0 aliphatic rings. The first-order valence-corrected chi connectivity index (χ1v) is 8.15. The number of nitro groups is 1. The van der Waals surface area contributed by atoms with E-state index in [2.05, 4.69) is 10.4 Å². The van der Waals surface area contributed by atoms with Gasteiger partial charge in [-0.05, 0) is 25.0 Å². The molecule has 2 rings (SSSR count). The third-order valence-electron chi connectivity index (χ3n) is 4.43. The van der Waals surface area contributed by atoms with E-state index in [0.717, 1.165) is 12.8 Å². The maximum atomic E-state index is 12.6. The van der Waals surface area contributed by atoms with Crippen LogP contribution < -0.4 is 11.1 Å². The topological polar surface area (TPSA) is 116 Å². The summed E-state index contributed by atoms with van der Waals surface area (Å²) in [6.45, 7) is 4.34. The number of carbonyl (C=O) groups excluding carboxylic acids is 1. The molecule has 1 heterocycles. The van der Waals surface area contributed by atoms with Gasteiger partial charge in [-0.3, -0.25) is 19.6 Å². The van der Waals surface area contributed by atoms with Crippen LogP contribution in [0.1, 0.15) is 37.0 Å². The van der Waals surface area contributed by atoms with E-state index in [1.54, 1.807) is 30.1 Å². The molecule has 3 N–H and O–H groups in total. The monoisotopic (exact) mass is 345 g/mol. The highest BCUT2D eigenvalue weighted by molar-refractivity contribution is 5.99. The van der Waals surface area contributed by atoms with E-state index in [1.165, 1.54) is 12.1 Å². The molecule has 1 aromatic carbocycles. The molecule has 0 spiro atoms. The molecule has 0 aliphatic heterocycles. The summed E-state index contributed by atoms with van der Waals surface area (Å²) in [5, 5.41) is 18.0. The molecule has 8 heteroatoms. The van der Waals surface area contributed by atoms with Gasteiger partial charge in [-0.2, -0.15) is 5.10 Å². The third-order valence-corrected chi connectivity index (χ3v) is 4.43. The molecule has 8 nitrogen and oxygen atoms in total.